The fraction of sp³-hybridized carbons (Fsp3) is 0.415. The van der Waals surface area contributed by atoms with Gasteiger partial charge in [0.1, 0.15) is 23.9 Å². The molecule has 4 aromatic heterocycles. The third-order valence-corrected chi connectivity index (χ3v) is 13.8. The molecule has 2 amide bonds. The number of carbonyl (C=O) groups is 2. The predicted molar refractivity (Wildman–Crippen MR) is 222 cm³/mol. The first-order chi connectivity index (χ1) is 30.1. The Labute approximate surface area is 364 Å². The highest BCUT2D eigenvalue weighted by molar-refractivity contribution is 7.92. The van der Waals surface area contributed by atoms with E-state index in [9.17, 15) is 40.0 Å². The van der Waals surface area contributed by atoms with E-state index in [1.807, 2.05) is 4.90 Å². The number of alkyl halides is 5. The topological polar surface area (TPSA) is 169 Å². The summed E-state index contributed by atoms with van der Waals surface area (Å²) in [4.78, 5) is 38.3. The van der Waals surface area contributed by atoms with Crippen LogP contribution in [0.3, 0.4) is 0 Å². The first-order valence-corrected chi connectivity index (χ1v) is 22.9. The van der Waals surface area contributed by atoms with Gasteiger partial charge in [0, 0.05) is 55.2 Å². The number of para-hydroxylation sites is 1. The van der Waals surface area contributed by atoms with Gasteiger partial charge in [-0.2, -0.15) is 37.1 Å². The predicted octanol–water partition coefficient (Wildman–Crippen LogP) is 6.67. The third-order valence-electron chi connectivity index (χ3n) is 12.2. The summed E-state index contributed by atoms with van der Waals surface area (Å²) in [7, 11) is -2.23. The van der Waals surface area contributed by atoms with Crippen molar-refractivity contribution in [2.24, 2.45) is 24.3 Å². The van der Waals surface area contributed by atoms with Gasteiger partial charge in [-0.15, -0.1) is 0 Å². The Balaban J connectivity index is 1.17. The van der Waals surface area contributed by atoms with Crippen LogP contribution in [0, 0.1) is 28.9 Å². The van der Waals surface area contributed by atoms with Crippen molar-refractivity contribution in [3.63, 3.8) is 0 Å². The number of benzene rings is 2. The molecule has 3 N–H and O–H groups in total. The normalized spacial score (nSPS) is 19.2. The van der Waals surface area contributed by atoms with Gasteiger partial charge in [0.05, 0.1) is 33.6 Å². The highest BCUT2D eigenvalue weighted by Gasteiger charge is 2.56. The van der Waals surface area contributed by atoms with E-state index in [-0.39, 0.29) is 47.5 Å². The van der Waals surface area contributed by atoms with E-state index in [1.165, 1.54) is 22.9 Å². The molecule has 2 aromatic carbocycles. The minimum Gasteiger partial charge on any atom is -0.354 e. The van der Waals surface area contributed by atoms with E-state index in [1.54, 1.807) is 31.3 Å². The average Bonchev–Trinajstić information content (AvgIpc) is 3.48. The molecular formula is C41H39F7N10O4S2. The lowest BCUT2D eigenvalue weighted by Gasteiger charge is -2.46. The zero-order valence-corrected chi connectivity index (χ0v) is 35.9. The van der Waals surface area contributed by atoms with Gasteiger partial charge in [0.25, 0.3) is 5.92 Å². The SMILES string of the molecule is C[C@H]1C[C@H]1C(F)(F)c1cc(C(F)(F)F)nn1CC(=O)N[C@@H](Cc1cc(F)cc(F)c1)c1nc2nc(N3CCC4(CC3)CNC4=O)sc2cc1-c1cccc2c(NS(C)(=O)=O)nn(C)c12. The standard InChI is InChI=1S/C41H39F7N10O4S2/c1-20-11-27(20)40(44,45)31-17-30(41(46,47)48)53-58(31)18-32(59)50-28(14-21-12-22(42)15-23(43)13-21)33-26(24-5-4-6-25-34(24)56(2)54-35(25)55-64(3,61)62)16-29-36(51-33)52-38(63-29)57-9-7-39(8-10-57)19-49-37(39)60/h4-6,12-13,15-17,20,27-28H,7-11,14,18-19H2,1-3H3,(H,49,60)(H,50,59)(H,54,55)/t20-,27+,28-/m0/s1. The Hall–Kier alpha value is -5.84. The van der Waals surface area contributed by atoms with Gasteiger partial charge in [-0.05, 0) is 67.5 Å². The lowest BCUT2D eigenvalue weighted by Crippen LogP contribution is -2.62. The van der Waals surface area contributed by atoms with Gasteiger partial charge in [-0.3, -0.25) is 23.7 Å². The molecule has 64 heavy (non-hydrogen) atoms. The number of hydrogen-bond donors (Lipinski definition) is 3. The maximum Gasteiger partial charge on any atom is 0.435 e. The Morgan fingerprint density at radius 3 is 2.33 bits per heavy atom. The largest absolute Gasteiger partial charge is 0.435 e. The molecule has 3 atom stereocenters. The molecular weight excluding hydrogens is 894 g/mol. The minimum atomic E-state index is -5.11. The molecule has 1 spiro atoms. The van der Waals surface area contributed by atoms with Crippen molar-refractivity contribution in [3.05, 3.63) is 82.8 Å². The zero-order chi connectivity index (χ0) is 45.7. The number of rotatable bonds is 12. The number of anilines is 2. The van der Waals surface area contributed by atoms with Gasteiger partial charge in [0.2, 0.25) is 21.8 Å². The van der Waals surface area contributed by atoms with Crippen LogP contribution in [-0.4, -0.2) is 75.7 Å². The summed E-state index contributed by atoms with van der Waals surface area (Å²) in [5, 5.41) is 14.3. The molecule has 6 heterocycles. The van der Waals surface area contributed by atoms with E-state index in [2.05, 4.69) is 25.6 Å². The van der Waals surface area contributed by atoms with Crippen LogP contribution < -0.4 is 20.3 Å². The second-order valence-corrected chi connectivity index (χ2v) is 19.6. The van der Waals surface area contributed by atoms with Crippen molar-refractivity contribution in [1.82, 2.24) is 40.2 Å². The lowest BCUT2D eigenvalue weighted by molar-refractivity contribution is -0.142. The smallest absolute Gasteiger partial charge is 0.354 e. The quantitative estimate of drug-likeness (QED) is 0.0897. The third kappa shape index (κ3) is 8.11. The molecule has 14 nitrogen and oxygen atoms in total. The van der Waals surface area contributed by atoms with Crippen molar-refractivity contribution in [2.75, 3.05) is 35.5 Å². The summed E-state index contributed by atoms with van der Waals surface area (Å²) < 4.78 is 132. The van der Waals surface area contributed by atoms with E-state index in [0.29, 0.717) is 75.1 Å². The fourth-order valence-electron chi connectivity index (χ4n) is 8.75. The summed E-state index contributed by atoms with van der Waals surface area (Å²) in [6.07, 6.45) is -3.27. The molecule has 3 fully saturated rings. The number of aromatic nitrogens is 6. The van der Waals surface area contributed by atoms with Crippen LogP contribution in [0.1, 0.15) is 54.9 Å². The molecule has 0 radical (unpaired) electrons. The van der Waals surface area contributed by atoms with Crippen LogP contribution in [0.25, 0.3) is 32.4 Å². The molecule has 2 saturated heterocycles. The number of fused-ring (bicyclic) bond motifs is 2. The van der Waals surface area contributed by atoms with Gasteiger partial charge in [-0.25, -0.2) is 22.2 Å². The van der Waals surface area contributed by atoms with Crippen molar-refractivity contribution >= 4 is 65.4 Å². The van der Waals surface area contributed by atoms with Gasteiger partial charge in [-0.1, -0.05) is 30.4 Å². The molecule has 2 aliphatic heterocycles. The van der Waals surface area contributed by atoms with Crippen molar-refractivity contribution in [2.45, 2.75) is 57.3 Å². The Bertz CT molecular complexity index is 2960. The second kappa shape index (κ2) is 15.4. The van der Waals surface area contributed by atoms with Gasteiger partial charge in [0.15, 0.2) is 22.3 Å². The maximum absolute atomic E-state index is 15.7. The number of nitrogens with one attached hydrogen (secondary N) is 3. The highest BCUT2D eigenvalue weighted by atomic mass is 32.2. The number of carbonyl (C=O) groups excluding carboxylic acids is 2. The minimum absolute atomic E-state index is 0.00580. The molecule has 23 heteroatoms. The summed E-state index contributed by atoms with van der Waals surface area (Å²) in [5.74, 6) is -8.47. The molecule has 0 bridgehead atoms. The Kier molecular flexibility index (Phi) is 10.5. The average molecular weight is 933 g/mol. The molecule has 3 aliphatic rings. The van der Waals surface area contributed by atoms with Crippen LogP contribution in [0.5, 0.6) is 0 Å². The number of sulfonamides is 1. The summed E-state index contributed by atoms with van der Waals surface area (Å²) in [6.45, 7) is 2.07. The number of thiazole rings is 1. The number of β-lactam (4-membered cyclic amide) rings is 1. The maximum atomic E-state index is 15.7. The highest BCUT2D eigenvalue weighted by Crippen LogP contribution is 2.54. The van der Waals surface area contributed by atoms with Crippen LogP contribution in [-0.2, 0) is 51.7 Å². The number of amides is 2. The van der Waals surface area contributed by atoms with E-state index < -0.39 is 80.9 Å². The van der Waals surface area contributed by atoms with Crippen LogP contribution in [0.4, 0.5) is 41.7 Å². The molecule has 0 unspecified atom stereocenters. The Morgan fingerprint density at radius 2 is 1.72 bits per heavy atom. The lowest BCUT2D eigenvalue weighted by atomic mass is 9.73. The fourth-order valence-corrected chi connectivity index (χ4v) is 10.2. The van der Waals surface area contributed by atoms with E-state index >= 15 is 8.78 Å². The molecule has 1 aliphatic carbocycles. The summed E-state index contributed by atoms with van der Waals surface area (Å²) >= 11 is 1.30. The molecule has 9 rings (SSSR count). The van der Waals surface area contributed by atoms with Crippen molar-refractivity contribution in [1.29, 1.82) is 0 Å². The van der Waals surface area contributed by atoms with Gasteiger partial charge >= 0.3 is 6.18 Å². The van der Waals surface area contributed by atoms with Crippen molar-refractivity contribution < 1.29 is 48.7 Å². The van der Waals surface area contributed by atoms with E-state index in [0.717, 1.165) is 18.4 Å². The number of aryl methyl sites for hydroxylation is 1. The van der Waals surface area contributed by atoms with Crippen LogP contribution in [0.15, 0.2) is 48.5 Å². The second-order valence-electron chi connectivity index (χ2n) is 16.9. The van der Waals surface area contributed by atoms with Crippen LogP contribution >= 0.6 is 11.3 Å². The Morgan fingerprint density at radius 1 is 1.02 bits per heavy atom. The number of pyridine rings is 1. The number of piperidine rings is 1. The first kappa shape index (κ1) is 43.4. The summed E-state index contributed by atoms with van der Waals surface area (Å²) in [5.41, 5.74) is -1.71. The molecule has 6 aromatic rings. The monoisotopic (exact) mass is 932 g/mol. The van der Waals surface area contributed by atoms with Gasteiger partial charge < -0.3 is 15.5 Å². The summed E-state index contributed by atoms with van der Waals surface area (Å²) in [6, 6.07) is 8.26. The molecule has 338 valence electrons. The zero-order valence-electron chi connectivity index (χ0n) is 34.2. The molecule has 1 saturated carbocycles. The van der Waals surface area contributed by atoms with Crippen LogP contribution in [0.2, 0.25) is 0 Å². The first-order valence-electron chi connectivity index (χ1n) is 20.1. The number of nitrogens with zero attached hydrogens (tertiary/aromatic N) is 7. The van der Waals surface area contributed by atoms with E-state index in [4.69, 9.17) is 9.97 Å². The number of hydrogen-bond acceptors (Lipinski definition) is 10. The number of halogens is 7. The van der Waals surface area contributed by atoms with Crippen molar-refractivity contribution in [3.8, 4) is 11.1 Å².